The lowest BCUT2D eigenvalue weighted by molar-refractivity contribution is -0.174. The molecule has 1 aromatic heterocycles. The summed E-state index contributed by atoms with van der Waals surface area (Å²) in [6.45, 7) is -1.62. The van der Waals surface area contributed by atoms with Gasteiger partial charge in [0.05, 0.1) is 13.2 Å². The minimum atomic E-state index is -4.37. The van der Waals surface area contributed by atoms with Crippen molar-refractivity contribution in [1.82, 2.24) is 4.98 Å². The van der Waals surface area contributed by atoms with E-state index in [0.29, 0.717) is 10.8 Å². The lowest BCUT2D eigenvalue weighted by atomic mass is 10.1. The van der Waals surface area contributed by atoms with E-state index in [1.165, 1.54) is 6.07 Å². The monoisotopic (exact) mass is 329 g/mol. The molecule has 0 aliphatic rings. The number of hydrogen-bond acceptors (Lipinski definition) is 4. The van der Waals surface area contributed by atoms with E-state index in [1.54, 1.807) is 24.3 Å². The van der Waals surface area contributed by atoms with E-state index in [-0.39, 0.29) is 25.3 Å². The van der Waals surface area contributed by atoms with E-state index in [4.69, 9.17) is 4.74 Å². The zero-order chi connectivity index (χ0) is 16.9. The number of carbonyl (C=O) groups is 1. The minimum Gasteiger partial charge on any atom is -0.461 e. The molecule has 0 amide bonds. The van der Waals surface area contributed by atoms with Gasteiger partial charge in [-0.05, 0) is 17.5 Å². The molecule has 0 saturated carbocycles. The molecule has 0 radical (unpaired) electrons. The Morgan fingerprint density at radius 3 is 2.65 bits per heavy atom. The van der Waals surface area contributed by atoms with Gasteiger partial charge in [0.15, 0.2) is 0 Å². The van der Waals surface area contributed by atoms with Crippen LogP contribution in [-0.4, -0.2) is 37.0 Å². The predicted molar refractivity (Wildman–Crippen MR) is 76.3 cm³/mol. The van der Waals surface area contributed by atoms with Crippen LogP contribution in [0, 0.1) is 0 Å². The molecule has 124 valence electrons. The molecule has 0 saturated heterocycles. The van der Waals surface area contributed by atoms with Crippen molar-refractivity contribution in [2.24, 2.45) is 0 Å². The van der Waals surface area contributed by atoms with Crippen LogP contribution in [0.4, 0.5) is 13.2 Å². The highest BCUT2D eigenvalue weighted by Gasteiger charge is 2.27. The van der Waals surface area contributed by atoms with Gasteiger partial charge in [-0.25, -0.2) is 4.79 Å². The van der Waals surface area contributed by atoms with Gasteiger partial charge in [-0.3, -0.25) is 4.79 Å². The minimum absolute atomic E-state index is 0.00934. The Balaban J connectivity index is 1.86. The van der Waals surface area contributed by atoms with Gasteiger partial charge in [0, 0.05) is 11.8 Å². The molecule has 0 spiro atoms. The van der Waals surface area contributed by atoms with Crippen molar-refractivity contribution in [3.63, 3.8) is 0 Å². The normalized spacial score (nSPS) is 11.6. The van der Waals surface area contributed by atoms with Crippen LogP contribution in [0.1, 0.15) is 16.9 Å². The van der Waals surface area contributed by atoms with E-state index in [0.717, 1.165) is 0 Å². The first-order chi connectivity index (χ1) is 10.9. The van der Waals surface area contributed by atoms with Crippen LogP contribution in [0.25, 0.3) is 10.8 Å². The lowest BCUT2D eigenvalue weighted by Crippen LogP contribution is -2.19. The molecular weight excluding hydrogens is 315 g/mol. The maximum Gasteiger partial charge on any atom is 0.411 e. The highest BCUT2D eigenvalue weighted by atomic mass is 19.4. The lowest BCUT2D eigenvalue weighted by Gasteiger charge is -2.08. The van der Waals surface area contributed by atoms with Crippen LogP contribution in [0.15, 0.2) is 35.1 Å². The number of alkyl halides is 3. The summed E-state index contributed by atoms with van der Waals surface area (Å²) in [7, 11) is 0. The average molecular weight is 329 g/mol. The summed E-state index contributed by atoms with van der Waals surface area (Å²) in [5.41, 5.74) is -0.423. The number of nitrogens with one attached hydrogen (secondary N) is 1. The summed E-state index contributed by atoms with van der Waals surface area (Å²) in [4.78, 5) is 26.1. The predicted octanol–water partition coefficient (Wildman–Crippen LogP) is 2.65. The molecule has 0 unspecified atom stereocenters. The second kappa shape index (κ2) is 7.28. The summed E-state index contributed by atoms with van der Waals surface area (Å²) in [5, 5.41) is 1.04. The van der Waals surface area contributed by atoms with Crippen molar-refractivity contribution in [2.45, 2.75) is 12.6 Å². The number of esters is 1. The molecule has 0 aliphatic heterocycles. The first-order valence-corrected chi connectivity index (χ1v) is 6.80. The summed E-state index contributed by atoms with van der Waals surface area (Å²) >= 11 is 0. The molecule has 8 heteroatoms. The number of aromatic amines is 1. The fourth-order valence-corrected chi connectivity index (χ4v) is 1.91. The van der Waals surface area contributed by atoms with Crippen molar-refractivity contribution in [1.29, 1.82) is 0 Å². The van der Waals surface area contributed by atoms with Gasteiger partial charge in [0.2, 0.25) is 0 Å². The van der Waals surface area contributed by atoms with Crippen LogP contribution < -0.4 is 5.56 Å². The first kappa shape index (κ1) is 17.0. The number of pyridine rings is 1. The Kier molecular flexibility index (Phi) is 5.38. The number of carbonyl (C=O) groups excluding carboxylic acids is 1. The number of aromatic nitrogens is 1. The van der Waals surface area contributed by atoms with Crippen LogP contribution in [0.5, 0.6) is 0 Å². The summed E-state index contributed by atoms with van der Waals surface area (Å²) in [5.74, 6) is -0.747. The molecule has 0 aliphatic carbocycles. The topological polar surface area (TPSA) is 68.4 Å². The zero-order valence-electron chi connectivity index (χ0n) is 12.0. The highest BCUT2D eigenvalue weighted by Crippen LogP contribution is 2.14. The maximum absolute atomic E-state index is 11.8. The number of ether oxygens (including phenoxy) is 2. The molecule has 2 rings (SSSR count). The second-order valence-electron chi connectivity index (χ2n) is 4.76. The maximum atomic E-state index is 11.8. The van der Waals surface area contributed by atoms with Crippen molar-refractivity contribution >= 4 is 16.7 Å². The number of H-pyrrole nitrogens is 1. The van der Waals surface area contributed by atoms with E-state index in [9.17, 15) is 22.8 Å². The third-order valence-corrected chi connectivity index (χ3v) is 2.91. The SMILES string of the molecule is O=C(OCCCOCC(F)(F)F)c1cc2ccccc2c(=O)[nH]1. The number of benzene rings is 1. The largest absolute Gasteiger partial charge is 0.461 e. The van der Waals surface area contributed by atoms with E-state index < -0.39 is 24.3 Å². The fraction of sp³-hybridized carbons (Fsp3) is 0.333. The Morgan fingerprint density at radius 2 is 1.91 bits per heavy atom. The van der Waals surface area contributed by atoms with Crippen molar-refractivity contribution in [3.05, 3.63) is 46.4 Å². The smallest absolute Gasteiger partial charge is 0.411 e. The highest BCUT2D eigenvalue weighted by molar-refractivity contribution is 5.92. The van der Waals surface area contributed by atoms with Crippen LogP contribution in [0.3, 0.4) is 0 Å². The Morgan fingerprint density at radius 1 is 1.17 bits per heavy atom. The molecule has 1 heterocycles. The molecule has 1 aromatic carbocycles. The van der Waals surface area contributed by atoms with Gasteiger partial charge in [0.25, 0.3) is 5.56 Å². The molecule has 5 nitrogen and oxygen atoms in total. The summed E-state index contributed by atoms with van der Waals surface area (Å²) in [6, 6.07) is 8.23. The third kappa shape index (κ3) is 5.10. The Labute approximate surface area is 129 Å². The van der Waals surface area contributed by atoms with Gasteiger partial charge in [-0.15, -0.1) is 0 Å². The Hall–Kier alpha value is -2.35. The average Bonchev–Trinajstić information content (AvgIpc) is 2.49. The standard InChI is InChI=1S/C15H14F3NO4/c16-15(17,18)9-22-6-3-7-23-14(21)12-8-10-4-1-2-5-11(10)13(20)19-12/h1-2,4-5,8H,3,6-7,9H2,(H,19,20). The number of halogens is 3. The van der Waals surface area contributed by atoms with Crippen LogP contribution >= 0.6 is 0 Å². The van der Waals surface area contributed by atoms with E-state index >= 15 is 0 Å². The number of hydrogen-bond donors (Lipinski definition) is 1. The molecule has 0 atom stereocenters. The van der Waals surface area contributed by atoms with Crippen LogP contribution in [-0.2, 0) is 9.47 Å². The third-order valence-electron chi connectivity index (χ3n) is 2.91. The molecule has 1 N–H and O–H groups in total. The van der Waals surface area contributed by atoms with Gasteiger partial charge in [-0.2, -0.15) is 13.2 Å². The molecule has 23 heavy (non-hydrogen) atoms. The Bertz CT molecular complexity index is 739. The first-order valence-electron chi connectivity index (χ1n) is 6.80. The van der Waals surface area contributed by atoms with Gasteiger partial charge in [0.1, 0.15) is 12.3 Å². The quantitative estimate of drug-likeness (QED) is 0.653. The van der Waals surface area contributed by atoms with E-state index in [2.05, 4.69) is 9.72 Å². The van der Waals surface area contributed by atoms with Gasteiger partial charge in [-0.1, -0.05) is 18.2 Å². The molecule has 2 aromatic rings. The van der Waals surface area contributed by atoms with Crippen molar-refractivity contribution in [2.75, 3.05) is 19.8 Å². The fourth-order valence-electron chi connectivity index (χ4n) is 1.91. The molecular formula is C15H14F3NO4. The van der Waals surface area contributed by atoms with Crippen molar-refractivity contribution < 1.29 is 27.4 Å². The van der Waals surface area contributed by atoms with Gasteiger partial charge < -0.3 is 14.5 Å². The zero-order valence-corrected chi connectivity index (χ0v) is 12.0. The van der Waals surface area contributed by atoms with E-state index in [1.807, 2.05) is 0 Å². The summed E-state index contributed by atoms with van der Waals surface area (Å²) < 4.78 is 44.8. The molecule has 0 bridgehead atoms. The number of rotatable bonds is 6. The van der Waals surface area contributed by atoms with Crippen LogP contribution in [0.2, 0.25) is 0 Å². The molecule has 0 fully saturated rings. The van der Waals surface area contributed by atoms with Gasteiger partial charge >= 0.3 is 12.1 Å². The van der Waals surface area contributed by atoms with Crippen molar-refractivity contribution in [3.8, 4) is 0 Å². The second-order valence-corrected chi connectivity index (χ2v) is 4.76. The number of fused-ring (bicyclic) bond motifs is 1. The summed E-state index contributed by atoms with van der Waals surface area (Å²) in [6.07, 6.45) is -4.25.